The van der Waals surface area contributed by atoms with Crippen molar-refractivity contribution in [3.8, 4) is 10.6 Å². The molecule has 7 heteroatoms. The summed E-state index contributed by atoms with van der Waals surface area (Å²) in [5, 5.41) is 7.18. The van der Waals surface area contributed by atoms with E-state index in [2.05, 4.69) is 15.6 Å². The summed E-state index contributed by atoms with van der Waals surface area (Å²) in [5.41, 5.74) is 2.50. The minimum atomic E-state index is -0.220. The predicted octanol–water partition coefficient (Wildman–Crippen LogP) is 4.45. The van der Waals surface area contributed by atoms with Crippen molar-refractivity contribution >= 4 is 62.1 Å². The lowest BCUT2D eigenvalue weighted by molar-refractivity contribution is -0.117. The van der Waals surface area contributed by atoms with Crippen LogP contribution in [0.1, 0.15) is 6.92 Å². The Labute approximate surface area is 147 Å². The molecule has 0 aliphatic carbocycles. The fraction of sp³-hybridized carbons (Fsp3) is 0.0625. The highest BCUT2D eigenvalue weighted by Gasteiger charge is 2.11. The van der Waals surface area contributed by atoms with Gasteiger partial charge < -0.3 is 10.6 Å². The van der Waals surface area contributed by atoms with Gasteiger partial charge in [-0.2, -0.15) is 0 Å². The third-order valence-electron chi connectivity index (χ3n) is 3.04. The fourth-order valence-electron chi connectivity index (χ4n) is 2.08. The van der Waals surface area contributed by atoms with Crippen LogP contribution in [0.3, 0.4) is 0 Å². The summed E-state index contributed by atoms with van der Waals surface area (Å²) >= 11 is 13.0. The molecule has 0 saturated heterocycles. The Hall–Kier alpha value is -2.02. The van der Waals surface area contributed by atoms with Crippen molar-refractivity contribution in [2.45, 2.75) is 6.92 Å². The molecule has 0 aliphatic rings. The van der Waals surface area contributed by atoms with Gasteiger partial charge in [0, 0.05) is 18.2 Å². The molecular weight excluding hydrogens is 350 g/mol. The summed E-state index contributed by atoms with van der Waals surface area (Å²) in [6, 6.07) is 13.4. The number of nitrogens with one attached hydrogen (secondary N) is 2. The van der Waals surface area contributed by atoms with Gasteiger partial charge in [0.25, 0.3) is 0 Å². The third-order valence-corrected chi connectivity index (χ3v) is 4.64. The molecule has 0 atom stereocenters. The zero-order valence-corrected chi connectivity index (χ0v) is 14.5. The summed E-state index contributed by atoms with van der Waals surface area (Å²) in [4.78, 5) is 15.6. The van der Waals surface area contributed by atoms with Gasteiger partial charge in [0.15, 0.2) is 5.11 Å². The van der Waals surface area contributed by atoms with Crippen LogP contribution >= 0.6 is 35.2 Å². The number of fused-ring (bicyclic) bond motifs is 1. The van der Waals surface area contributed by atoms with Crippen molar-refractivity contribution in [1.29, 1.82) is 0 Å². The molecule has 0 spiro atoms. The van der Waals surface area contributed by atoms with Crippen LogP contribution in [-0.4, -0.2) is 16.0 Å². The van der Waals surface area contributed by atoms with Crippen LogP contribution < -0.4 is 10.6 Å². The van der Waals surface area contributed by atoms with Gasteiger partial charge in [0.2, 0.25) is 5.91 Å². The number of hydrogen-bond donors (Lipinski definition) is 2. The number of halogens is 1. The molecule has 0 aliphatic heterocycles. The SMILES string of the molecule is CC(=O)NC(=S)Nc1ccc(Cl)c(-c2nc3ccccc3s2)c1. The summed E-state index contributed by atoms with van der Waals surface area (Å²) in [6.07, 6.45) is 0. The highest BCUT2D eigenvalue weighted by Crippen LogP contribution is 2.35. The van der Waals surface area contributed by atoms with E-state index in [1.54, 1.807) is 23.5 Å². The topological polar surface area (TPSA) is 54.0 Å². The van der Waals surface area contributed by atoms with E-state index in [0.29, 0.717) is 5.02 Å². The van der Waals surface area contributed by atoms with Crippen molar-refractivity contribution in [3.05, 3.63) is 47.5 Å². The monoisotopic (exact) mass is 361 g/mol. The lowest BCUT2D eigenvalue weighted by Crippen LogP contribution is -2.32. The predicted molar refractivity (Wildman–Crippen MR) is 100 cm³/mol. The van der Waals surface area contributed by atoms with Crippen molar-refractivity contribution in [2.24, 2.45) is 0 Å². The zero-order chi connectivity index (χ0) is 16.4. The number of thiocarbonyl (C=S) groups is 1. The summed E-state index contributed by atoms with van der Waals surface area (Å²) in [6.45, 7) is 1.41. The molecule has 0 unspecified atom stereocenters. The van der Waals surface area contributed by atoms with E-state index in [9.17, 15) is 4.79 Å². The number of amides is 1. The smallest absolute Gasteiger partial charge is 0.222 e. The van der Waals surface area contributed by atoms with Gasteiger partial charge in [0.1, 0.15) is 5.01 Å². The second-order valence-electron chi connectivity index (χ2n) is 4.82. The number of benzene rings is 2. The number of rotatable bonds is 2. The van der Waals surface area contributed by atoms with Crippen molar-refractivity contribution < 1.29 is 4.79 Å². The molecule has 1 amide bonds. The van der Waals surface area contributed by atoms with Crippen LogP contribution in [-0.2, 0) is 4.79 Å². The van der Waals surface area contributed by atoms with Crippen LogP contribution in [0.15, 0.2) is 42.5 Å². The maximum absolute atomic E-state index is 11.0. The number of carbonyl (C=O) groups excluding carboxylic acids is 1. The average molecular weight is 362 g/mol. The minimum Gasteiger partial charge on any atom is -0.332 e. The van der Waals surface area contributed by atoms with E-state index >= 15 is 0 Å². The Morgan fingerprint density at radius 1 is 1.26 bits per heavy atom. The highest BCUT2D eigenvalue weighted by atomic mass is 35.5. The number of carbonyl (C=O) groups is 1. The highest BCUT2D eigenvalue weighted by molar-refractivity contribution is 7.80. The molecule has 0 bridgehead atoms. The van der Waals surface area contributed by atoms with Gasteiger partial charge in [0.05, 0.1) is 15.2 Å². The standard InChI is InChI=1S/C16H12ClN3OS2/c1-9(21)18-16(22)19-10-6-7-12(17)11(8-10)15-20-13-4-2-3-5-14(13)23-15/h2-8H,1H3,(H2,18,19,21,22). The summed E-state index contributed by atoms with van der Waals surface area (Å²) in [5.74, 6) is -0.220. The van der Waals surface area contributed by atoms with E-state index in [1.807, 2.05) is 30.3 Å². The second kappa shape index (κ2) is 6.62. The zero-order valence-electron chi connectivity index (χ0n) is 12.1. The van der Waals surface area contributed by atoms with Crippen LogP contribution in [0.25, 0.3) is 20.8 Å². The third kappa shape index (κ3) is 3.67. The van der Waals surface area contributed by atoms with Gasteiger partial charge >= 0.3 is 0 Å². The number of anilines is 1. The van der Waals surface area contributed by atoms with E-state index < -0.39 is 0 Å². The lowest BCUT2D eigenvalue weighted by atomic mass is 10.2. The molecule has 0 saturated carbocycles. The van der Waals surface area contributed by atoms with E-state index in [1.165, 1.54) is 6.92 Å². The van der Waals surface area contributed by atoms with Gasteiger partial charge in [-0.25, -0.2) is 4.98 Å². The molecule has 0 fully saturated rings. The first-order valence-corrected chi connectivity index (χ1v) is 8.37. The largest absolute Gasteiger partial charge is 0.332 e. The Balaban J connectivity index is 1.94. The molecule has 4 nitrogen and oxygen atoms in total. The number of para-hydroxylation sites is 1. The number of hydrogen-bond acceptors (Lipinski definition) is 4. The van der Waals surface area contributed by atoms with Gasteiger partial charge in [-0.05, 0) is 42.5 Å². The second-order valence-corrected chi connectivity index (χ2v) is 6.66. The van der Waals surface area contributed by atoms with Crippen LogP contribution in [0.5, 0.6) is 0 Å². The molecule has 1 heterocycles. The van der Waals surface area contributed by atoms with E-state index in [-0.39, 0.29) is 11.0 Å². The first-order chi connectivity index (χ1) is 11.0. The molecule has 3 aromatic rings. The number of aromatic nitrogens is 1. The minimum absolute atomic E-state index is 0.220. The molecule has 1 aromatic heterocycles. The molecule has 0 radical (unpaired) electrons. The molecule has 23 heavy (non-hydrogen) atoms. The maximum atomic E-state index is 11.0. The van der Waals surface area contributed by atoms with Crippen LogP contribution in [0, 0.1) is 0 Å². The molecule has 2 N–H and O–H groups in total. The fourth-order valence-corrected chi connectivity index (χ4v) is 3.60. The molecule has 3 rings (SSSR count). The molecule has 2 aromatic carbocycles. The molecule has 116 valence electrons. The summed E-state index contributed by atoms with van der Waals surface area (Å²) < 4.78 is 1.10. The summed E-state index contributed by atoms with van der Waals surface area (Å²) in [7, 11) is 0. The lowest BCUT2D eigenvalue weighted by Gasteiger charge is -2.09. The average Bonchev–Trinajstić information content (AvgIpc) is 2.92. The van der Waals surface area contributed by atoms with E-state index in [4.69, 9.17) is 23.8 Å². The normalized spacial score (nSPS) is 10.5. The van der Waals surface area contributed by atoms with E-state index in [0.717, 1.165) is 26.5 Å². The Kier molecular flexibility index (Phi) is 4.56. The quantitative estimate of drug-likeness (QED) is 0.662. The van der Waals surface area contributed by atoms with Crippen LogP contribution in [0.2, 0.25) is 5.02 Å². The van der Waals surface area contributed by atoms with Crippen molar-refractivity contribution in [2.75, 3.05) is 5.32 Å². The maximum Gasteiger partial charge on any atom is 0.222 e. The Morgan fingerprint density at radius 2 is 2.04 bits per heavy atom. The Morgan fingerprint density at radius 3 is 2.78 bits per heavy atom. The molecular formula is C16H12ClN3OS2. The van der Waals surface area contributed by atoms with Gasteiger partial charge in [-0.15, -0.1) is 11.3 Å². The first-order valence-electron chi connectivity index (χ1n) is 6.77. The Bertz CT molecular complexity index is 874. The van der Waals surface area contributed by atoms with Crippen LogP contribution in [0.4, 0.5) is 5.69 Å². The van der Waals surface area contributed by atoms with Crippen molar-refractivity contribution in [1.82, 2.24) is 10.3 Å². The first kappa shape index (κ1) is 15.9. The van der Waals surface area contributed by atoms with Gasteiger partial charge in [-0.1, -0.05) is 23.7 Å². The number of nitrogens with zero attached hydrogens (tertiary/aromatic N) is 1. The van der Waals surface area contributed by atoms with Crippen molar-refractivity contribution in [3.63, 3.8) is 0 Å². The number of thiazole rings is 1. The van der Waals surface area contributed by atoms with Gasteiger partial charge in [-0.3, -0.25) is 4.79 Å².